The van der Waals surface area contributed by atoms with E-state index in [-0.39, 0.29) is 11.6 Å². The molecule has 1 aliphatic rings. The summed E-state index contributed by atoms with van der Waals surface area (Å²) < 4.78 is 53.2. The zero-order chi connectivity index (χ0) is 17.3. The zero-order valence-corrected chi connectivity index (χ0v) is 13.3. The number of anilines is 2. The van der Waals surface area contributed by atoms with E-state index >= 15 is 0 Å². The van der Waals surface area contributed by atoms with Crippen LogP contribution in [0.3, 0.4) is 0 Å². The maximum Gasteiger partial charge on any atom is 0.264 e. The van der Waals surface area contributed by atoms with E-state index in [1.54, 1.807) is 17.0 Å². The van der Waals surface area contributed by atoms with Gasteiger partial charge in [0, 0.05) is 30.4 Å². The smallest absolute Gasteiger partial charge is 0.264 e. The number of nitrogens with zero attached hydrogens (tertiary/aromatic N) is 1. The molecular weight excluding hydrogens is 338 g/mol. The lowest BCUT2D eigenvalue weighted by atomic mass is 10.2. The van der Waals surface area contributed by atoms with E-state index in [1.165, 1.54) is 12.1 Å². The minimum atomic E-state index is -4.18. The summed E-state index contributed by atoms with van der Waals surface area (Å²) in [7, 11) is -4.18. The van der Waals surface area contributed by atoms with E-state index in [0.717, 1.165) is 18.6 Å². The van der Waals surface area contributed by atoms with Crippen LogP contribution < -0.4 is 9.62 Å². The molecule has 0 radical (unpaired) electrons. The van der Waals surface area contributed by atoms with Gasteiger partial charge in [0.2, 0.25) is 5.91 Å². The van der Waals surface area contributed by atoms with Crippen LogP contribution in [0.15, 0.2) is 47.4 Å². The third-order valence-electron chi connectivity index (χ3n) is 3.69. The van der Waals surface area contributed by atoms with Gasteiger partial charge in [-0.2, -0.15) is 0 Å². The Hall–Kier alpha value is -2.48. The van der Waals surface area contributed by atoms with Crippen molar-refractivity contribution < 1.29 is 22.0 Å². The summed E-state index contributed by atoms with van der Waals surface area (Å²) >= 11 is 0. The molecule has 1 amide bonds. The highest BCUT2D eigenvalue weighted by Crippen LogP contribution is 2.25. The third kappa shape index (κ3) is 3.23. The van der Waals surface area contributed by atoms with Gasteiger partial charge in [-0.25, -0.2) is 17.2 Å². The van der Waals surface area contributed by atoms with Crippen LogP contribution in [0.2, 0.25) is 0 Å². The first-order valence-electron chi connectivity index (χ1n) is 7.25. The molecule has 1 heterocycles. The van der Waals surface area contributed by atoms with Crippen molar-refractivity contribution in [3.8, 4) is 0 Å². The predicted octanol–water partition coefficient (Wildman–Crippen LogP) is 2.89. The molecule has 24 heavy (non-hydrogen) atoms. The summed E-state index contributed by atoms with van der Waals surface area (Å²) in [6.45, 7) is 0.630. The van der Waals surface area contributed by atoms with Gasteiger partial charge in [0.15, 0.2) is 0 Å². The molecule has 1 fully saturated rings. The summed E-state index contributed by atoms with van der Waals surface area (Å²) in [5.74, 6) is -2.00. The fraction of sp³-hybridized carbons (Fsp3) is 0.188. The molecule has 0 aliphatic carbocycles. The minimum absolute atomic E-state index is 0.0247. The molecule has 8 heteroatoms. The Morgan fingerprint density at radius 2 is 1.75 bits per heavy atom. The van der Waals surface area contributed by atoms with E-state index in [0.29, 0.717) is 24.7 Å². The van der Waals surface area contributed by atoms with Crippen LogP contribution in [-0.2, 0) is 14.8 Å². The van der Waals surface area contributed by atoms with Crippen molar-refractivity contribution in [1.82, 2.24) is 0 Å². The molecule has 1 N–H and O–H groups in total. The van der Waals surface area contributed by atoms with Crippen LogP contribution in [0.4, 0.5) is 20.2 Å². The van der Waals surface area contributed by atoms with Gasteiger partial charge in [0.25, 0.3) is 10.0 Å². The maximum absolute atomic E-state index is 13.7. The SMILES string of the molecule is O=C1CCCN1c1ccc(NS(=O)(=O)c2ccc(F)cc2F)cc1. The lowest BCUT2D eigenvalue weighted by Crippen LogP contribution is -2.23. The molecule has 126 valence electrons. The standard InChI is InChI=1S/C16H14F2N2O3S/c17-11-3-8-15(14(18)10-11)24(22,23)19-12-4-6-13(7-5-12)20-9-1-2-16(20)21/h3-8,10,19H,1-2,9H2. The molecule has 1 aliphatic heterocycles. The Kier molecular flexibility index (Phi) is 4.23. The topological polar surface area (TPSA) is 66.5 Å². The molecule has 0 unspecified atom stereocenters. The maximum atomic E-state index is 13.7. The number of nitrogens with one attached hydrogen (secondary N) is 1. The normalized spacial score (nSPS) is 14.9. The molecule has 0 aromatic heterocycles. The van der Waals surface area contributed by atoms with Crippen LogP contribution in [0.1, 0.15) is 12.8 Å². The van der Waals surface area contributed by atoms with Crippen molar-refractivity contribution in [2.24, 2.45) is 0 Å². The second kappa shape index (κ2) is 6.20. The minimum Gasteiger partial charge on any atom is -0.312 e. The molecule has 0 atom stereocenters. The summed E-state index contributed by atoms with van der Waals surface area (Å²) in [5, 5.41) is 0. The highest BCUT2D eigenvalue weighted by atomic mass is 32.2. The van der Waals surface area contributed by atoms with Crippen molar-refractivity contribution in [1.29, 1.82) is 0 Å². The van der Waals surface area contributed by atoms with E-state index in [4.69, 9.17) is 0 Å². The lowest BCUT2D eigenvalue weighted by molar-refractivity contribution is -0.117. The number of amides is 1. The highest BCUT2D eigenvalue weighted by molar-refractivity contribution is 7.92. The van der Waals surface area contributed by atoms with E-state index < -0.39 is 26.6 Å². The molecule has 0 saturated carbocycles. The van der Waals surface area contributed by atoms with Gasteiger partial charge in [-0.15, -0.1) is 0 Å². The van der Waals surface area contributed by atoms with Crippen molar-refractivity contribution in [3.05, 3.63) is 54.1 Å². The van der Waals surface area contributed by atoms with Gasteiger partial charge in [0.05, 0.1) is 0 Å². The van der Waals surface area contributed by atoms with Crippen LogP contribution in [0.5, 0.6) is 0 Å². The first-order chi connectivity index (χ1) is 11.4. The quantitative estimate of drug-likeness (QED) is 0.920. The molecule has 0 bridgehead atoms. The van der Waals surface area contributed by atoms with Gasteiger partial charge in [-0.05, 0) is 42.8 Å². The van der Waals surface area contributed by atoms with Gasteiger partial charge < -0.3 is 4.90 Å². The van der Waals surface area contributed by atoms with Crippen molar-refractivity contribution in [2.45, 2.75) is 17.7 Å². The predicted molar refractivity (Wildman–Crippen MR) is 85.2 cm³/mol. The zero-order valence-electron chi connectivity index (χ0n) is 12.5. The van der Waals surface area contributed by atoms with E-state index in [9.17, 15) is 22.0 Å². The van der Waals surface area contributed by atoms with Crippen LogP contribution >= 0.6 is 0 Å². The van der Waals surface area contributed by atoms with Crippen molar-refractivity contribution in [2.75, 3.05) is 16.2 Å². The largest absolute Gasteiger partial charge is 0.312 e. The molecule has 2 aromatic rings. The summed E-state index contributed by atoms with van der Waals surface area (Å²) in [6, 6.07) is 8.45. The lowest BCUT2D eigenvalue weighted by Gasteiger charge is -2.16. The molecule has 3 rings (SSSR count). The number of carbonyl (C=O) groups excluding carboxylic acids is 1. The van der Waals surface area contributed by atoms with Gasteiger partial charge in [0.1, 0.15) is 16.5 Å². The van der Waals surface area contributed by atoms with Crippen LogP contribution in [0, 0.1) is 11.6 Å². The first kappa shape index (κ1) is 16.4. The monoisotopic (exact) mass is 352 g/mol. The van der Waals surface area contributed by atoms with Crippen LogP contribution in [-0.4, -0.2) is 20.9 Å². The van der Waals surface area contributed by atoms with Gasteiger partial charge >= 0.3 is 0 Å². The molecular formula is C16H14F2N2O3S. The Labute approximate surface area is 138 Å². The number of halogens is 2. The molecule has 5 nitrogen and oxygen atoms in total. The number of hydrogen-bond donors (Lipinski definition) is 1. The second-order valence-electron chi connectivity index (χ2n) is 5.38. The Balaban J connectivity index is 1.81. The van der Waals surface area contributed by atoms with Crippen LogP contribution in [0.25, 0.3) is 0 Å². The van der Waals surface area contributed by atoms with E-state index in [1.807, 2.05) is 0 Å². The van der Waals surface area contributed by atoms with Crippen molar-refractivity contribution in [3.63, 3.8) is 0 Å². The third-order valence-corrected chi connectivity index (χ3v) is 5.10. The number of carbonyl (C=O) groups is 1. The Morgan fingerprint density at radius 1 is 1.04 bits per heavy atom. The number of sulfonamides is 1. The van der Waals surface area contributed by atoms with E-state index in [2.05, 4.69) is 4.72 Å². The second-order valence-corrected chi connectivity index (χ2v) is 7.03. The first-order valence-corrected chi connectivity index (χ1v) is 8.73. The van der Waals surface area contributed by atoms with Crippen molar-refractivity contribution >= 4 is 27.3 Å². The van der Waals surface area contributed by atoms with Gasteiger partial charge in [-0.1, -0.05) is 0 Å². The summed E-state index contributed by atoms with van der Waals surface area (Å²) in [5.41, 5.74) is 0.891. The highest BCUT2D eigenvalue weighted by Gasteiger charge is 2.22. The molecule has 0 spiro atoms. The molecule has 1 saturated heterocycles. The fourth-order valence-electron chi connectivity index (χ4n) is 2.53. The fourth-order valence-corrected chi connectivity index (χ4v) is 3.65. The Bertz CT molecular complexity index is 883. The average Bonchev–Trinajstić information content (AvgIpc) is 2.93. The average molecular weight is 352 g/mol. The molecule has 2 aromatic carbocycles. The number of rotatable bonds is 4. The number of benzene rings is 2. The Morgan fingerprint density at radius 3 is 2.33 bits per heavy atom. The van der Waals surface area contributed by atoms with Gasteiger partial charge in [-0.3, -0.25) is 9.52 Å². The number of hydrogen-bond acceptors (Lipinski definition) is 3. The summed E-state index contributed by atoms with van der Waals surface area (Å²) in [4.78, 5) is 12.7. The summed E-state index contributed by atoms with van der Waals surface area (Å²) in [6.07, 6.45) is 1.29.